The average Bonchev–Trinajstić information content (AvgIpc) is 1.83. The monoisotopic (exact) mass is 188 g/mol. The maximum atomic E-state index is 11.8. The number of rotatable bonds is 2. The minimum absolute atomic E-state index is 0.186. The first-order valence-electron chi connectivity index (χ1n) is 2.80. The summed E-state index contributed by atoms with van der Waals surface area (Å²) in [7, 11) is 0. The van der Waals surface area contributed by atoms with Crippen molar-refractivity contribution in [2.24, 2.45) is 0 Å². The van der Waals surface area contributed by atoms with E-state index < -0.39 is 23.9 Å². The van der Waals surface area contributed by atoms with Crippen LogP contribution in [0.15, 0.2) is 0 Å². The molecule has 0 fully saturated rings. The van der Waals surface area contributed by atoms with Gasteiger partial charge in [-0.25, -0.2) is 4.79 Å². The molecule has 0 aliphatic rings. The van der Waals surface area contributed by atoms with Crippen molar-refractivity contribution in [3.05, 3.63) is 0 Å². The molecule has 4 nitrogen and oxygen atoms in total. The Balaban J connectivity index is 4.73. The minimum atomic E-state index is -5.18. The molecule has 0 aliphatic carbocycles. The predicted octanol–water partition coefficient (Wildman–Crippen LogP) is -0.255. The summed E-state index contributed by atoms with van der Waals surface area (Å²) in [5.41, 5.74) is -3.63. The van der Waals surface area contributed by atoms with Gasteiger partial charge in [0, 0.05) is 0 Å². The zero-order valence-electron chi connectivity index (χ0n) is 5.96. The van der Waals surface area contributed by atoms with Crippen LogP contribution in [0.5, 0.6) is 0 Å². The molecular weight excluding hydrogens is 181 g/mol. The zero-order valence-corrected chi connectivity index (χ0v) is 5.96. The molecule has 7 heteroatoms. The van der Waals surface area contributed by atoms with Gasteiger partial charge in [0.1, 0.15) is 0 Å². The van der Waals surface area contributed by atoms with Gasteiger partial charge in [-0.15, -0.1) is 0 Å². The molecule has 2 atom stereocenters. The van der Waals surface area contributed by atoms with Crippen molar-refractivity contribution in [2.75, 3.05) is 0 Å². The topological polar surface area (TPSA) is 77.8 Å². The zero-order chi connectivity index (χ0) is 10.2. The number of aliphatic carboxylic acids is 1. The van der Waals surface area contributed by atoms with E-state index in [1.54, 1.807) is 0 Å². The summed E-state index contributed by atoms with van der Waals surface area (Å²) in [6.07, 6.45) is -8.05. The van der Waals surface area contributed by atoms with Crippen LogP contribution in [0.4, 0.5) is 13.2 Å². The standard InChI is InChI=1S/C5H7F3O4/c1-4(12,5(6,7)8)2(9)3(10)11/h2,9,12H,1H3,(H,10,11)/t2-,4+/m1/s1. The van der Waals surface area contributed by atoms with E-state index in [0.717, 1.165) is 0 Å². The predicted molar refractivity (Wildman–Crippen MR) is 30.3 cm³/mol. The van der Waals surface area contributed by atoms with Crippen LogP contribution in [0.3, 0.4) is 0 Å². The van der Waals surface area contributed by atoms with Gasteiger partial charge < -0.3 is 15.3 Å². The molecule has 0 saturated heterocycles. The summed E-state index contributed by atoms with van der Waals surface area (Å²) >= 11 is 0. The van der Waals surface area contributed by atoms with Gasteiger partial charge in [-0.1, -0.05) is 0 Å². The summed E-state index contributed by atoms with van der Waals surface area (Å²) in [5.74, 6) is -2.13. The molecule has 0 unspecified atom stereocenters. The quantitative estimate of drug-likeness (QED) is 0.558. The average molecular weight is 188 g/mol. The van der Waals surface area contributed by atoms with Crippen molar-refractivity contribution in [3.63, 3.8) is 0 Å². The molecule has 0 spiro atoms. The van der Waals surface area contributed by atoms with Crippen molar-refractivity contribution in [1.82, 2.24) is 0 Å². The Morgan fingerprint density at radius 1 is 1.42 bits per heavy atom. The second-order valence-electron chi connectivity index (χ2n) is 2.39. The van der Waals surface area contributed by atoms with E-state index in [0.29, 0.717) is 0 Å². The molecule has 0 aromatic carbocycles. The molecule has 0 bridgehead atoms. The highest BCUT2D eigenvalue weighted by molar-refractivity contribution is 5.73. The number of halogens is 3. The van der Waals surface area contributed by atoms with Crippen LogP contribution in [-0.4, -0.2) is 39.2 Å². The summed E-state index contributed by atoms with van der Waals surface area (Å²) < 4.78 is 35.3. The third-order valence-electron chi connectivity index (χ3n) is 1.34. The maximum absolute atomic E-state index is 11.8. The second kappa shape index (κ2) is 2.91. The molecule has 12 heavy (non-hydrogen) atoms. The summed E-state index contributed by atoms with van der Waals surface area (Å²) in [4.78, 5) is 9.88. The van der Waals surface area contributed by atoms with Gasteiger partial charge >= 0.3 is 12.1 Å². The first-order valence-corrected chi connectivity index (χ1v) is 2.80. The van der Waals surface area contributed by atoms with Crippen molar-refractivity contribution in [2.45, 2.75) is 24.8 Å². The molecule has 0 heterocycles. The molecular formula is C5H7F3O4. The van der Waals surface area contributed by atoms with Crippen LogP contribution in [0.2, 0.25) is 0 Å². The Morgan fingerprint density at radius 2 is 1.75 bits per heavy atom. The van der Waals surface area contributed by atoms with Crippen LogP contribution < -0.4 is 0 Å². The number of carbonyl (C=O) groups is 1. The lowest BCUT2D eigenvalue weighted by Gasteiger charge is -2.28. The lowest BCUT2D eigenvalue weighted by Crippen LogP contribution is -2.55. The fourth-order valence-corrected chi connectivity index (χ4v) is 0.395. The number of hydrogen-bond acceptors (Lipinski definition) is 3. The van der Waals surface area contributed by atoms with Crippen LogP contribution in [0.1, 0.15) is 6.92 Å². The van der Waals surface area contributed by atoms with Gasteiger partial charge in [-0.2, -0.15) is 13.2 Å². The molecule has 0 aliphatic heterocycles. The Hall–Kier alpha value is -0.820. The van der Waals surface area contributed by atoms with E-state index in [9.17, 15) is 18.0 Å². The fraction of sp³-hybridized carbons (Fsp3) is 0.800. The molecule has 72 valence electrons. The van der Waals surface area contributed by atoms with Gasteiger partial charge in [-0.05, 0) is 6.92 Å². The van der Waals surface area contributed by atoms with E-state index in [4.69, 9.17) is 15.3 Å². The molecule has 0 rings (SSSR count). The fourth-order valence-electron chi connectivity index (χ4n) is 0.395. The first kappa shape index (κ1) is 11.2. The molecule has 0 amide bonds. The number of carboxylic acids is 1. The van der Waals surface area contributed by atoms with Gasteiger partial charge in [0.05, 0.1) is 0 Å². The molecule has 0 radical (unpaired) electrons. The normalized spacial score (nSPS) is 19.8. The Morgan fingerprint density at radius 3 is 1.83 bits per heavy atom. The highest BCUT2D eigenvalue weighted by Gasteiger charge is 2.57. The summed E-state index contributed by atoms with van der Waals surface area (Å²) in [6.45, 7) is 0.186. The van der Waals surface area contributed by atoms with E-state index in [1.165, 1.54) is 0 Å². The highest BCUT2D eigenvalue weighted by atomic mass is 19.4. The van der Waals surface area contributed by atoms with Crippen molar-refractivity contribution < 1.29 is 33.3 Å². The van der Waals surface area contributed by atoms with Crippen molar-refractivity contribution in [3.8, 4) is 0 Å². The second-order valence-corrected chi connectivity index (χ2v) is 2.39. The van der Waals surface area contributed by atoms with Crippen LogP contribution in [-0.2, 0) is 4.79 Å². The van der Waals surface area contributed by atoms with Gasteiger partial charge in [0.15, 0.2) is 11.7 Å². The lowest BCUT2D eigenvalue weighted by atomic mass is 9.99. The molecule has 3 N–H and O–H groups in total. The number of carboxylic acid groups (broad SMARTS) is 1. The third-order valence-corrected chi connectivity index (χ3v) is 1.34. The van der Waals surface area contributed by atoms with E-state index in [1.807, 2.05) is 0 Å². The van der Waals surface area contributed by atoms with Crippen molar-refractivity contribution in [1.29, 1.82) is 0 Å². The van der Waals surface area contributed by atoms with Gasteiger partial charge in [0.25, 0.3) is 0 Å². The van der Waals surface area contributed by atoms with Crippen molar-refractivity contribution >= 4 is 5.97 Å². The Kier molecular flexibility index (Phi) is 2.71. The maximum Gasteiger partial charge on any atom is 0.420 e. The number of alkyl halides is 3. The smallest absolute Gasteiger partial charge is 0.420 e. The van der Waals surface area contributed by atoms with E-state index >= 15 is 0 Å². The van der Waals surface area contributed by atoms with E-state index in [-0.39, 0.29) is 6.92 Å². The van der Waals surface area contributed by atoms with Crippen LogP contribution >= 0.6 is 0 Å². The van der Waals surface area contributed by atoms with Gasteiger partial charge in [-0.3, -0.25) is 0 Å². The van der Waals surface area contributed by atoms with Gasteiger partial charge in [0.2, 0.25) is 0 Å². The minimum Gasteiger partial charge on any atom is -0.479 e. The number of aliphatic hydroxyl groups is 2. The molecule has 0 saturated carbocycles. The third kappa shape index (κ3) is 1.86. The summed E-state index contributed by atoms with van der Waals surface area (Å²) in [6, 6.07) is 0. The Bertz CT molecular complexity index is 186. The van der Waals surface area contributed by atoms with Crippen LogP contribution in [0, 0.1) is 0 Å². The molecule has 0 aromatic heterocycles. The SMILES string of the molecule is C[C@](O)([C@H](O)C(=O)O)C(F)(F)F. The lowest BCUT2D eigenvalue weighted by molar-refractivity contribution is -0.281. The van der Waals surface area contributed by atoms with Crippen LogP contribution in [0.25, 0.3) is 0 Å². The Labute approximate surface area is 65.2 Å². The number of hydrogen-bond donors (Lipinski definition) is 3. The largest absolute Gasteiger partial charge is 0.479 e. The van der Waals surface area contributed by atoms with E-state index in [2.05, 4.69) is 0 Å². The molecule has 0 aromatic rings. The highest BCUT2D eigenvalue weighted by Crippen LogP contribution is 2.32. The summed E-state index contributed by atoms with van der Waals surface area (Å²) in [5, 5.41) is 24.9. The first-order chi connectivity index (χ1) is 5.10. The number of aliphatic hydroxyl groups excluding tert-OH is 1.